The third kappa shape index (κ3) is 4.30. The van der Waals surface area contributed by atoms with Crippen molar-refractivity contribution in [2.75, 3.05) is 0 Å². The SMILES string of the molecule is O=C1/C(=C/C=C/c2ccccc2)CC/C1=C\C=C\c1ccccc1. The summed E-state index contributed by atoms with van der Waals surface area (Å²) in [5, 5.41) is 0. The molecule has 0 atom stereocenters. The van der Waals surface area contributed by atoms with Gasteiger partial charge in [0, 0.05) is 11.1 Å². The smallest absolute Gasteiger partial charge is 0.185 e. The average Bonchev–Trinajstić information content (AvgIpc) is 2.97. The van der Waals surface area contributed by atoms with Crippen molar-refractivity contribution >= 4 is 17.9 Å². The minimum absolute atomic E-state index is 0.172. The monoisotopic (exact) mass is 312 g/mol. The molecular formula is C23H20O. The van der Waals surface area contributed by atoms with Crippen LogP contribution in [-0.4, -0.2) is 5.78 Å². The number of carbonyl (C=O) groups is 1. The standard InChI is InChI=1S/C23H20O/c24-23-21(15-7-13-19-9-3-1-4-10-19)17-18-22(23)16-8-14-20-11-5-2-6-12-20/h1-16H,17-18H2/b13-7+,14-8+,21-15+,22-16+. The van der Waals surface area contributed by atoms with E-state index in [0.29, 0.717) is 0 Å². The van der Waals surface area contributed by atoms with Gasteiger partial charge in [0.2, 0.25) is 0 Å². The number of ketones is 1. The third-order valence-corrected chi connectivity index (χ3v) is 4.02. The van der Waals surface area contributed by atoms with E-state index >= 15 is 0 Å². The molecule has 1 fully saturated rings. The molecule has 24 heavy (non-hydrogen) atoms. The molecular weight excluding hydrogens is 292 g/mol. The number of benzene rings is 2. The van der Waals surface area contributed by atoms with Crippen LogP contribution >= 0.6 is 0 Å². The first-order chi connectivity index (χ1) is 11.8. The maximum atomic E-state index is 12.4. The molecule has 0 aliphatic heterocycles. The Kier molecular flexibility index (Phi) is 5.36. The second-order valence-corrected chi connectivity index (χ2v) is 5.75. The van der Waals surface area contributed by atoms with E-state index in [-0.39, 0.29) is 5.78 Å². The van der Waals surface area contributed by atoms with Gasteiger partial charge in [-0.15, -0.1) is 0 Å². The van der Waals surface area contributed by atoms with Crippen LogP contribution < -0.4 is 0 Å². The Bertz CT molecular complexity index is 736. The van der Waals surface area contributed by atoms with Crippen LogP contribution in [0.2, 0.25) is 0 Å². The summed E-state index contributed by atoms with van der Waals surface area (Å²) < 4.78 is 0. The Labute approximate surface area is 143 Å². The fourth-order valence-electron chi connectivity index (χ4n) is 2.70. The highest BCUT2D eigenvalue weighted by Crippen LogP contribution is 2.26. The molecule has 1 aliphatic rings. The lowest BCUT2D eigenvalue weighted by molar-refractivity contribution is -0.111. The van der Waals surface area contributed by atoms with Crippen LogP contribution in [-0.2, 0) is 4.79 Å². The summed E-state index contributed by atoms with van der Waals surface area (Å²) in [7, 11) is 0. The van der Waals surface area contributed by atoms with E-state index in [2.05, 4.69) is 0 Å². The number of Topliss-reactive ketones (excluding diaryl/α,β-unsaturated/α-hetero) is 1. The van der Waals surface area contributed by atoms with Crippen molar-refractivity contribution in [1.82, 2.24) is 0 Å². The first kappa shape index (κ1) is 15.9. The fourth-order valence-corrected chi connectivity index (χ4v) is 2.70. The van der Waals surface area contributed by atoms with Crippen molar-refractivity contribution in [3.8, 4) is 0 Å². The number of rotatable bonds is 4. The van der Waals surface area contributed by atoms with Crippen molar-refractivity contribution in [2.45, 2.75) is 12.8 Å². The van der Waals surface area contributed by atoms with Gasteiger partial charge in [-0.1, -0.05) is 97.1 Å². The predicted octanol–water partition coefficient (Wildman–Crippen LogP) is 5.63. The van der Waals surface area contributed by atoms with Crippen molar-refractivity contribution in [1.29, 1.82) is 0 Å². The molecule has 0 saturated heterocycles. The molecule has 2 aromatic rings. The van der Waals surface area contributed by atoms with Crippen molar-refractivity contribution in [3.05, 3.63) is 107 Å². The third-order valence-electron chi connectivity index (χ3n) is 4.02. The highest BCUT2D eigenvalue weighted by Gasteiger charge is 2.21. The van der Waals surface area contributed by atoms with E-state index < -0.39 is 0 Å². The Morgan fingerprint density at radius 3 is 1.46 bits per heavy atom. The van der Waals surface area contributed by atoms with Crippen LogP contribution in [0, 0.1) is 0 Å². The van der Waals surface area contributed by atoms with Crippen LogP contribution in [0.15, 0.2) is 96.1 Å². The van der Waals surface area contributed by atoms with E-state index in [1.807, 2.05) is 97.1 Å². The molecule has 0 aromatic heterocycles. The van der Waals surface area contributed by atoms with Crippen LogP contribution in [0.4, 0.5) is 0 Å². The first-order valence-corrected chi connectivity index (χ1v) is 8.22. The zero-order chi connectivity index (χ0) is 16.6. The molecule has 1 aliphatic carbocycles. The molecule has 0 unspecified atom stereocenters. The topological polar surface area (TPSA) is 17.1 Å². The molecule has 2 aromatic carbocycles. The summed E-state index contributed by atoms with van der Waals surface area (Å²) in [6, 6.07) is 20.2. The lowest BCUT2D eigenvalue weighted by Gasteiger charge is -1.93. The second-order valence-electron chi connectivity index (χ2n) is 5.75. The lowest BCUT2D eigenvalue weighted by atomic mass is 10.1. The molecule has 0 spiro atoms. The maximum absolute atomic E-state index is 12.4. The average molecular weight is 312 g/mol. The Morgan fingerprint density at radius 2 is 1.04 bits per heavy atom. The van der Waals surface area contributed by atoms with Gasteiger partial charge in [-0.05, 0) is 24.0 Å². The highest BCUT2D eigenvalue weighted by molar-refractivity contribution is 6.11. The molecule has 0 heterocycles. The fraction of sp³-hybridized carbons (Fsp3) is 0.0870. The van der Waals surface area contributed by atoms with E-state index in [1.54, 1.807) is 0 Å². The minimum atomic E-state index is 0.172. The van der Waals surface area contributed by atoms with Crippen LogP contribution in [0.25, 0.3) is 12.2 Å². The summed E-state index contributed by atoms with van der Waals surface area (Å²) in [6.45, 7) is 0. The zero-order valence-electron chi connectivity index (χ0n) is 13.6. The molecule has 1 saturated carbocycles. The van der Waals surface area contributed by atoms with Crippen LogP contribution in [0.5, 0.6) is 0 Å². The van der Waals surface area contributed by atoms with Gasteiger partial charge in [0.15, 0.2) is 5.78 Å². The summed E-state index contributed by atoms with van der Waals surface area (Å²) in [5.74, 6) is 0.172. The lowest BCUT2D eigenvalue weighted by Crippen LogP contribution is -1.94. The molecule has 0 radical (unpaired) electrons. The summed E-state index contributed by atoms with van der Waals surface area (Å²) in [4.78, 5) is 12.4. The van der Waals surface area contributed by atoms with Gasteiger partial charge in [-0.25, -0.2) is 0 Å². The summed E-state index contributed by atoms with van der Waals surface area (Å²) in [6.07, 6.45) is 13.5. The predicted molar refractivity (Wildman–Crippen MR) is 101 cm³/mol. The zero-order valence-corrected chi connectivity index (χ0v) is 13.6. The van der Waals surface area contributed by atoms with Crippen molar-refractivity contribution < 1.29 is 4.79 Å². The molecule has 0 amide bonds. The Balaban J connectivity index is 1.64. The molecule has 1 heteroatoms. The molecule has 3 rings (SSSR count). The molecule has 0 N–H and O–H groups in total. The Morgan fingerprint density at radius 1 is 0.625 bits per heavy atom. The van der Waals surface area contributed by atoms with Crippen LogP contribution in [0.1, 0.15) is 24.0 Å². The summed E-state index contributed by atoms with van der Waals surface area (Å²) >= 11 is 0. The number of carbonyl (C=O) groups excluding carboxylic acids is 1. The van der Waals surface area contributed by atoms with Crippen molar-refractivity contribution in [3.63, 3.8) is 0 Å². The minimum Gasteiger partial charge on any atom is -0.289 e. The normalized spacial score (nSPS) is 18.4. The second kappa shape index (κ2) is 8.07. The van der Waals surface area contributed by atoms with Gasteiger partial charge in [-0.3, -0.25) is 4.79 Å². The molecule has 0 bridgehead atoms. The number of allylic oxidation sites excluding steroid dienone is 6. The summed E-state index contributed by atoms with van der Waals surface area (Å²) in [5.41, 5.74) is 4.06. The number of hydrogen-bond acceptors (Lipinski definition) is 1. The quantitative estimate of drug-likeness (QED) is 0.669. The maximum Gasteiger partial charge on any atom is 0.185 e. The molecule has 118 valence electrons. The van der Waals surface area contributed by atoms with E-state index in [0.717, 1.165) is 35.1 Å². The van der Waals surface area contributed by atoms with Crippen LogP contribution in [0.3, 0.4) is 0 Å². The van der Waals surface area contributed by atoms with Gasteiger partial charge in [0.05, 0.1) is 0 Å². The highest BCUT2D eigenvalue weighted by atomic mass is 16.1. The van der Waals surface area contributed by atoms with Gasteiger partial charge in [0.25, 0.3) is 0 Å². The Hall–Kier alpha value is -2.93. The van der Waals surface area contributed by atoms with E-state index in [4.69, 9.17) is 0 Å². The molecule has 1 nitrogen and oxygen atoms in total. The largest absolute Gasteiger partial charge is 0.289 e. The van der Waals surface area contributed by atoms with E-state index in [1.165, 1.54) is 0 Å². The van der Waals surface area contributed by atoms with Gasteiger partial charge < -0.3 is 0 Å². The van der Waals surface area contributed by atoms with Gasteiger partial charge in [0.1, 0.15) is 0 Å². The first-order valence-electron chi connectivity index (χ1n) is 8.22. The van der Waals surface area contributed by atoms with Gasteiger partial charge in [-0.2, -0.15) is 0 Å². The van der Waals surface area contributed by atoms with Gasteiger partial charge >= 0.3 is 0 Å². The number of hydrogen-bond donors (Lipinski definition) is 0. The van der Waals surface area contributed by atoms with Crippen molar-refractivity contribution in [2.24, 2.45) is 0 Å². The van der Waals surface area contributed by atoms with E-state index in [9.17, 15) is 4.79 Å².